The molecule has 3 rings (SSSR count). The lowest BCUT2D eigenvalue weighted by atomic mass is 9.92. The number of benzene rings is 1. The molecule has 2 aliphatic heterocycles. The number of ether oxygens (including phenoxy) is 2. The maximum atomic E-state index is 5.47. The van der Waals surface area contributed by atoms with Gasteiger partial charge in [0.25, 0.3) is 0 Å². The summed E-state index contributed by atoms with van der Waals surface area (Å²) in [5.74, 6) is 2.10. The van der Waals surface area contributed by atoms with Crippen LogP contribution in [0.25, 0.3) is 0 Å². The van der Waals surface area contributed by atoms with E-state index >= 15 is 0 Å². The van der Waals surface area contributed by atoms with Gasteiger partial charge in [-0.15, -0.1) is 11.8 Å². The second-order valence-corrected chi connectivity index (χ2v) is 7.04. The lowest BCUT2D eigenvalue weighted by Gasteiger charge is -2.47. The number of thioether (sulfide) groups is 1. The van der Waals surface area contributed by atoms with Gasteiger partial charge in [0, 0.05) is 37.2 Å². The van der Waals surface area contributed by atoms with Crippen molar-refractivity contribution in [3.8, 4) is 5.75 Å². The molecule has 2 saturated heterocycles. The Morgan fingerprint density at radius 2 is 2.21 bits per heavy atom. The number of hydrogen-bond donors (Lipinski definition) is 0. The highest BCUT2D eigenvalue weighted by atomic mass is 32.2. The van der Waals surface area contributed by atoms with Crippen molar-refractivity contribution in [2.75, 3.05) is 33.1 Å². The first-order chi connectivity index (χ1) is 9.23. The minimum Gasteiger partial charge on any atom is -0.497 e. The van der Waals surface area contributed by atoms with Crippen LogP contribution in [0.2, 0.25) is 0 Å². The van der Waals surface area contributed by atoms with Crippen molar-refractivity contribution in [1.82, 2.24) is 4.90 Å². The van der Waals surface area contributed by atoms with Crippen LogP contribution in [0.5, 0.6) is 5.75 Å². The van der Waals surface area contributed by atoms with Gasteiger partial charge in [-0.2, -0.15) is 0 Å². The lowest BCUT2D eigenvalue weighted by Crippen LogP contribution is -2.58. The zero-order valence-corrected chi connectivity index (χ0v) is 12.4. The molecule has 104 valence electrons. The third-order valence-corrected chi connectivity index (χ3v) is 5.65. The van der Waals surface area contributed by atoms with Crippen LogP contribution in [0.3, 0.4) is 0 Å². The Morgan fingerprint density at radius 3 is 2.89 bits per heavy atom. The van der Waals surface area contributed by atoms with E-state index in [-0.39, 0.29) is 0 Å². The molecule has 4 heteroatoms. The van der Waals surface area contributed by atoms with Crippen LogP contribution in [0.1, 0.15) is 12.0 Å². The molecule has 0 aromatic heterocycles. The van der Waals surface area contributed by atoms with Crippen LogP contribution in [-0.4, -0.2) is 48.8 Å². The fourth-order valence-electron chi connectivity index (χ4n) is 3.08. The minimum absolute atomic E-state index is 0.462. The third kappa shape index (κ3) is 2.76. The molecule has 0 N–H and O–H groups in total. The van der Waals surface area contributed by atoms with Gasteiger partial charge in [0.1, 0.15) is 5.75 Å². The van der Waals surface area contributed by atoms with Gasteiger partial charge in [0.05, 0.1) is 13.2 Å². The molecular weight excluding hydrogens is 258 g/mol. The zero-order valence-electron chi connectivity index (χ0n) is 11.6. The molecule has 0 aliphatic carbocycles. The highest BCUT2D eigenvalue weighted by Gasteiger charge is 2.48. The van der Waals surface area contributed by atoms with E-state index in [0.29, 0.717) is 10.9 Å². The van der Waals surface area contributed by atoms with E-state index in [2.05, 4.69) is 34.9 Å². The van der Waals surface area contributed by atoms with Crippen molar-refractivity contribution in [3.63, 3.8) is 0 Å². The highest BCUT2D eigenvalue weighted by Crippen LogP contribution is 2.46. The Hall–Kier alpha value is -0.710. The van der Waals surface area contributed by atoms with Crippen molar-refractivity contribution in [2.24, 2.45) is 0 Å². The summed E-state index contributed by atoms with van der Waals surface area (Å²) in [6.45, 7) is 3.40. The van der Waals surface area contributed by atoms with Crippen molar-refractivity contribution >= 4 is 11.8 Å². The van der Waals surface area contributed by atoms with Gasteiger partial charge in [0.2, 0.25) is 0 Å². The number of rotatable bonds is 4. The summed E-state index contributed by atoms with van der Waals surface area (Å²) in [6, 6.07) is 8.37. The van der Waals surface area contributed by atoms with E-state index < -0.39 is 0 Å². The predicted octanol–water partition coefficient (Wildman–Crippen LogP) is 2.40. The second kappa shape index (κ2) is 5.35. The predicted molar refractivity (Wildman–Crippen MR) is 78.9 cm³/mol. The Bertz CT molecular complexity index is 446. The maximum Gasteiger partial charge on any atom is 0.119 e. The molecule has 2 fully saturated rings. The Balaban J connectivity index is 1.54. The van der Waals surface area contributed by atoms with Gasteiger partial charge in [-0.3, -0.25) is 4.90 Å². The maximum absolute atomic E-state index is 5.47. The number of methoxy groups -OCH3 is 2. The summed E-state index contributed by atoms with van der Waals surface area (Å²) < 4.78 is 11.2. The van der Waals surface area contributed by atoms with E-state index in [1.807, 2.05) is 13.2 Å². The van der Waals surface area contributed by atoms with Crippen LogP contribution < -0.4 is 4.74 Å². The Labute approximate surface area is 119 Å². The number of hydrogen-bond acceptors (Lipinski definition) is 4. The van der Waals surface area contributed by atoms with E-state index in [4.69, 9.17) is 9.47 Å². The molecule has 19 heavy (non-hydrogen) atoms. The lowest BCUT2D eigenvalue weighted by molar-refractivity contribution is 0.0631. The van der Waals surface area contributed by atoms with Gasteiger partial charge in [-0.05, 0) is 24.1 Å². The first-order valence-corrected chi connectivity index (χ1v) is 7.74. The number of likely N-dealkylation sites (tertiary alicyclic amines) is 1. The molecule has 2 heterocycles. The van der Waals surface area contributed by atoms with Crippen molar-refractivity contribution in [3.05, 3.63) is 29.8 Å². The van der Waals surface area contributed by atoms with Gasteiger partial charge in [-0.1, -0.05) is 12.1 Å². The minimum atomic E-state index is 0.462. The molecule has 0 saturated carbocycles. The summed E-state index contributed by atoms with van der Waals surface area (Å²) in [6.07, 6.45) is 1.67. The molecule has 1 atom stereocenters. The first-order valence-electron chi connectivity index (χ1n) is 6.75. The van der Waals surface area contributed by atoms with E-state index in [1.165, 1.54) is 25.1 Å². The van der Waals surface area contributed by atoms with E-state index in [0.717, 1.165) is 18.0 Å². The summed E-state index contributed by atoms with van der Waals surface area (Å²) in [4.78, 5) is 2.51. The van der Waals surface area contributed by atoms with Crippen LogP contribution in [0.4, 0.5) is 0 Å². The Morgan fingerprint density at radius 1 is 1.37 bits per heavy atom. The molecule has 0 radical (unpaired) electrons. The fraction of sp³-hybridized carbons (Fsp3) is 0.600. The first kappa shape index (κ1) is 13.3. The summed E-state index contributed by atoms with van der Waals surface area (Å²) >= 11 is 2.09. The topological polar surface area (TPSA) is 21.7 Å². The average molecular weight is 279 g/mol. The molecule has 2 aliphatic rings. The zero-order chi connectivity index (χ0) is 13.3. The van der Waals surface area contributed by atoms with E-state index in [1.54, 1.807) is 7.11 Å². The van der Waals surface area contributed by atoms with Crippen LogP contribution in [-0.2, 0) is 11.3 Å². The van der Waals surface area contributed by atoms with Crippen molar-refractivity contribution in [2.45, 2.75) is 23.8 Å². The molecule has 0 bridgehead atoms. The molecule has 3 nitrogen and oxygen atoms in total. The smallest absolute Gasteiger partial charge is 0.119 e. The molecular formula is C15H21NO2S. The molecule has 1 aromatic rings. The molecule has 0 amide bonds. The molecule has 1 aromatic carbocycles. The third-order valence-electron chi connectivity index (χ3n) is 4.07. The normalized spacial score (nSPS) is 25.5. The van der Waals surface area contributed by atoms with Crippen molar-refractivity contribution in [1.29, 1.82) is 0 Å². The number of nitrogens with zero attached hydrogens (tertiary/aromatic N) is 1. The fourth-order valence-corrected chi connectivity index (χ4v) is 4.73. The SMILES string of the molecule is COc1cccc(CN2CC3(CC(OC)CS3)C2)c1. The van der Waals surface area contributed by atoms with Gasteiger partial charge >= 0.3 is 0 Å². The quantitative estimate of drug-likeness (QED) is 0.843. The molecule has 1 spiro atoms. The summed E-state index contributed by atoms with van der Waals surface area (Å²) in [5, 5.41) is 0. The average Bonchev–Trinajstić information content (AvgIpc) is 2.83. The van der Waals surface area contributed by atoms with Crippen LogP contribution in [0, 0.1) is 0 Å². The summed E-state index contributed by atoms with van der Waals surface area (Å²) in [7, 11) is 3.55. The highest BCUT2D eigenvalue weighted by molar-refractivity contribution is 8.01. The van der Waals surface area contributed by atoms with Crippen LogP contribution in [0.15, 0.2) is 24.3 Å². The Kier molecular flexibility index (Phi) is 3.74. The van der Waals surface area contributed by atoms with Gasteiger partial charge < -0.3 is 9.47 Å². The van der Waals surface area contributed by atoms with E-state index in [9.17, 15) is 0 Å². The summed E-state index contributed by atoms with van der Waals surface area (Å²) in [5.41, 5.74) is 1.33. The van der Waals surface area contributed by atoms with Crippen molar-refractivity contribution < 1.29 is 9.47 Å². The monoisotopic (exact) mass is 279 g/mol. The second-order valence-electron chi connectivity index (χ2n) is 5.55. The standard InChI is InChI=1S/C15H21NO2S/c1-17-13-5-3-4-12(6-13)8-16-10-15(11-16)7-14(18-2)9-19-15/h3-6,14H,7-11H2,1-2H3. The largest absolute Gasteiger partial charge is 0.497 e. The van der Waals surface area contributed by atoms with Gasteiger partial charge in [-0.25, -0.2) is 0 Å². The van der Waals surface area contributed by atoms with Gasteiger partial charge in [0.15, 0.2) is 0 Å². The van der Waals surface area contributed by atoms with Crippen LogP contribution >= 0.6 is 11.8 Å². The molecule has 1 unspecified atom stereocenters.